The number of likely N-dealkylation sites (N-methyl/N-ethyl adjacent to an activating group) is 2. The first-order valence-electron chi connectivity index (χ1n) is 30.8. The van der Waals surface area contributed by atoms with E-state index in [1.54, 1.807) is 0 Å². The molecule has 12 heterocycles. The van der Waals surface area contributed by atoms with Gasteiger partial charge >= 0.3 is 12.0 Å². The van der Waals surface area contributed by atoms with Crippen LogP contribution in [0.5, 0.6) is 23.5 Å². The summed E-state index contributed by atoms with van der Waals surface area (Å²) in [5.74, 6) is 3.61. The molecule has 2 unspecified atom stereocenters. The summed E-state index contributed by atoms with van der Waals surface area (Å²) in [5, 5.41) is 23.6. The predicted octanol–water partition coefficient (Wildman–Crippen LogP) is 9.99. The number of hydrogen-bond donors (Lipinski definition) is 2. The number of halogens is 6. The molecular weight excluding hydrogens is 1170 g/mol. The number of alkyl halides is 2. The van der Waals surface area contributed by atoms with Crippen LogP contribution in [0.2, 0.25) is 0 Å². The minimum Gasteiger partial charge on any atom is -0.508 e. The molecule has 8 aliphatic heterocycles. The largest absolute Gasteiger partial charge is 0.508 e. The Morgan fingerprint density at radius 2 is 1.06 bits per heavy atom. The van der Waals surface area contributed by atoms with Crippen molar-refractivity contribution in [2.24, 2.45) is 0 Å². The van der Waals surface area contributed by atoms with Crippen molar-refractivity contribution in [1.29, 1.82) is 0 Å². The Morgan fingerprint density at radius 3 is 1.56 bits per heavy atom. The molecule has 0 radical (unpaired) electrons. The molecular formula is C67H64F6N12O5. The van der Waals surface area contributed by atoms with E-state index in [-0.39, 0.29) is 104 Å². The van der Waals surface area contributed by atoms with Gasteiger partial charge in [0, 0.05) is 101 Å². The Morgan fingerprint density at radius 1 is 0.578 bits per heavy atom. The summed E-state index contributed by atoms with van der Waals surface area (Å²) in [4.78, 5) is 41.0. The number of benzene rings is 4. The highest BCUT2D eigenvalue weighted by Crippen LogP contribution is 2.48. The molecule has 4 aromatic heterocycles. The van der Waals surface area contributed by atoms with E-state index < -0.39 is 46.7 Å². The van der Waals surface area contributed by atoms with Gasteiger partial charge in [0.2, 0.25) is 0 Å². The molecule has 0 bridgehead atoms. The highest BCUT2D eigenvalue weighted by Gasteiger charge is 2.51. The van der Waals surface area contributed by atoms with Crippen molar-refractivity contribution in [2.75, 3.05) is 112 Å². The molecule has 8 aliphatic rings. The van der Waals surface area contributed by atoms with E-state index in [0.29, 0.717) is 104 Å². The molecule has 16 rings (SSSR count). The Labute approximate surface area is 514 Å². The number of ether oxygens (including phenoxy) is 3. The second kappa shape index (κ2) is 22.1. The van der Waals surface area contributed by atoms with Crippen molar-refractivity contribution in [3.63, 3.8) is 0 Å². The maximum Gasteiger partial charge on any atom is 0.319 e. The first-order chi connectivity index (χ1) is 43.5. The van der Waals surface area contributed by atoms with E-state index in [4.69, 9.17) is 47.0 Å². The van der Waals surface area contributed by atoms with Crippen LogP contribution < -0.4 is 29.1 Å². The fraction of sp³-hybridized carbons (Fsp3) is 0.433. The van der Waals surface area contributed by atoms with Crippen molar-refractivity contribution in [3.05, 3.63) is 82.9 Å². The van der Waals surface area contributed by atoms with Crippen LogP contribution in [0.3, 0.4) is 0 Å². The van der Waals surface area contributed by atoms with E-state index in [1.165, 1.54) is 48.5 Å². The first kappa shape index (κ1) is 57.8. The molecule has 0 amide bonds. The zero-order valence-electron chi connectivity index (χ0n) is 49.7. The summed E-state index contributed by atoms with van der Waals surface area (Å²) in [7, 11) is 3.76. The second-order valence-corrected chi connectivity index (χ2v) is 25.4. The molecule has 17 nitrogen and oxygen atoms in total. The summed E-state index contributed by atoms with van der Waals surface area (Å²) in [6.45, 7) is 6.30. The van der Waals surface area contributed by atoms with Crippen LogP contribution >= 0.6 is 0 Å². The van der Waals surface area contributed by atoms with Crippen molar-refractivity contribution in [2.45, 2.75) is 93.3 Å². The molecule has 0 saturated carbocycles. The zero-order valence-corrected chi connectivity index (χ0v) is 49.7. The van der Waals surface area contributed by atoms with Gasteiger partial charge in [0.05, 0.1) is 45.6 Å². The summed E-state index contributed by atoms with van der Waals surface area (Å²) < 4.78 is 111. The molecule has 23 heteroatoms. The minimum absolute atomic E-state index is 0.00937. The molecule has 0 aliphatic carbocycles. The van der Waals surface area contributed by atoms with Crippen molar-refractivity contribution in [1.82, 2.24) is 39.7 Å². The number of phenolic OH excluding ortho intramolecular Hbond substituents is 2. The van der Waals surface area contributed by atoms with Gasteiger partial charge in [-0.1, -0.05) is 24.0 Å². The molecule has 464 valence electrons. The van der Waals surface area contributed by atoms with Crippen molar-refractivity contribution in [3.8, 4) is 70.7 Å². The number of phenols is 2. The van der Waals surface area contributed by atoms with E-state index in [1.807, 2.05) is 23.9 Å². The van der Waals surface area contributed by atoms with Gasteiger partial charge in [-0.15, -0.1) is 12.8 Å². The highest BCUT2D eigenvalue weighted by atomic mass is 19.2. The van der Waals surface area contributed by atoms with Gasteiger partial charge in [0.15, 0.2) is 11.6 Å². The lowest BCUT2D eigenvalue weighted by atomic mass is 9.95. The van der Waals surface area contributed by atoms with Crippen LogP contribution in [-0.4, -0.2) is 178 Å². The molecule has 6 atom stereocenters. The van der Waals surface area contributed by atoms with Gasteiger partial charge in [-0.2, -0.15) is 19.9 Å². The molecule has 6 saturated heterocycles. The van der Waals surface area contributed by atoms with Crippen LogP contribution in [-0.2, 0) is 4.74 Å². The summed E-state index contributed by atoms with van der Waals surface area (Å²) in [5.41, 5.74) is -0.961. The summed E-state index contributed by atoms with van der Waals surface area (Å²) in [6.07, 6.45) is 16.6. The lowest BCUT2D eigenvalue weighted by molar-refractivity contribution is 0.107. The van der Waals surface area contributed by atoms with Gasteiger partial charge < -0.3 is 44.0 Å². The highest BCUT2D eigenvalue weighted by molar-refractivity contribution is 6.08. The minimum atomic E-state index is -0.928. The number of terminal acetylenes is 2. The molecule has 6 fully saturated rings. The number of aromatic hydroxyl groups is 2. The zero-order chi connectivity index (χ0) is 62.1. The number of nitrogens with zero attached hydrogens (tertiary/aromatic N) is 12. The summed E-state index contributed by atoms with van der Waals surface area (Å²) >= 11 is 0. The van der Waals surface area contributed by atoms with E-state index in [2.05, 4.69) is 41.4 Å². The third-order valence-corrected chi connectivity index (χ3v) is 19.9. The third-order valence-electron chi connectivity index (χ3n) is 19.9. The Bertz CT molecular complexity index is 4380. The van der Waals surface area contributed by atoms with E-state index >= 15 is 8.78 Å². The van der Waals surface area contributed by atoms with Crippen molar-refractivity contribution >= 4 is 66.6 Å². The average molecular weight is 1230 g/mol. The lowest BCUT2D eigenvalue weighted by Gasteiger charge is -2.31. The quantitative estimate of drug-likeness (QED) is 0.109. The van der Waals surface area contributed by atoms with Crippen LogP contribution in [0.25, 0.3) is 65.9 Å². The molecule has 4 aromatic carbocycles. The third kappa shape index (κ3) is 9.43. The molecule has 8 aromatic rings. The maximum absolute atomic E-state index is 17.1. The van der Waals surface area contributed by atoms with E-state index in [9.17, 15) is 27.8 Å². The first-order valence-corrected chi connectivity index (χ1v) is 30.8. The number of rotatable bonds is 8. The molecule has 90 heavy (non-hydrogen) atoms. The number of pyridine rings is 2. The van der Waals surface area contributed by atoms with Crippen molar-refractivity contribution < 1.29 is 50.8 Å². The Kier molecular flexibility index (Phi) is 14.2. The van der Waals surface area contributed by atoms with E-state index in [0.717, 1.165) is 64.6 Å². The van der Waals surface area contributed by atoms with Crippen LogP contribution in [0.1, 0.15) is 68.9 Å². The van der Waals surface area contributed by atoms with Crippen LogP contribution in [0.4, 0.5) is 49.6 Å². The van der Waals surface area contributed by atoms with Crippen LogP contribution in [0.15, 0.2) is 48.5 Å². The predicted molar refractivity (Wildman–Crippen MR) is 330 cm³/mol. The number of hydrogen-bond acceptors (Lipinski definition) is 17. The molecule has 0 spiro atoms. The molecule has 2 N–H and O–H groups in total. The number of aromatic nitrogens is 6. The fourth-order valence-electron chi connectivity index (χ4n) is 15.9. The topological polar surface area (TPSA) is 165 Å². The standard InChI is InChI=1S/C34H33F3N6O3.C33H31F3N6O2/c1-3-23-25(36)7-6-19-12-22(44)13-24(26(19)23)29-28(37)30-27-31(38-29)41(2)16-21-17-45-11-5-10-43(21)32(27)40-33(39-30)46-18-34-8-4-9-42(34)15-20(35)14-34;1-3-22-24(35)8-7-18-12-21(43)13-23(25(18)22)28-27(36)29-26-30(37-28)40(2)16-20-6-4-11-42(20)31(26)39-32(38-29)44-17-33-9-5-10-41(33)15-19(34)14-33/h1,6-7,12-13,20-21,44H,4-5,8-11,14-18H2,2H3;1,7-8,12-13,19-20,43H,4-6,9-11,14-17H2,2H3/t20-,21?,34+;19?,20-,33-/m10/s1. The Balaban J connectivity index is 0.000000150. The monoisotopic (exact) mass is 1230 g/mol. The van der Waals surface area contributed by atoms with Crippen LogP contribution in [0, 0.1) is 48.0 Å². The van der Waals surface area contributed by atoms with Gasteiger partial charge in [0.1, 0.15) is 94.4 Å². The van der Waals surface area contributed by atoms with Gasteiger partial charge in [-0.05, 0) is 105 Å². The number of fused-ring (bicyclic) bond motifs is 8. The fourth-order valence-corrected chi connectivity index (χ4v) is 15.9. The number of anilines is 4. The smallest absolute Gasteiger partial charge is 0.319 e. The SMILES string of the molecule is C#Cc1c(F)ccc2cc(O)cc(-c3nc4c5c(nc(OC[C@@]67CCCN6CC(F)C7)nc5c3F)N3CCC[C@H]3CN4C)c12.C#Cc1c(F)ccc2cc(O)cc(-c3nc4c5c(nc(OC[C@@]67CCCN6C[C@H](F)C7)nc5c3F)N3CCCOCC3CN4C)c12. The second-order valence-electron chi connectivity index (χ2n) is 25.4. The van der Waals surface area contributed by atoms with Gasteiger partial charge in [-0.25, -0.2) is 36.3 Å². The normalized spacial score (nSPS) is 24.5. The summed E-state index contributed by atoms with van der Waals surface area (Å²) in [6, 6.07) is 11.0. The Hall–Kier alpha value is -8.64. The van der Waals surface area contributed by atoms with Gasteiger partial charge in [-0.3, -0.25) is 9.80 Å². The maximum atomic E-state index is 17.1. The average Bonchev–Trinajstić information content (AvgIpc) is 1.27. The lowest BCUT2D eigenvalue weighted by Crippen LogP contribution is -2.44. The van der Waals surface area contributed by atoms with Gasteiger partial charge in [0.25, 0.3) is 0 Å².